The second-order valence-electron chi connectivity index (χ2n) is 6.11. The molecule has 0 saturated carbocycles. The molecule has 150 valence electrons. The third kappa shape index (κ3) is 6.62. The monoisotopic (exact) mass is 391 g/mol. The predicted octanol–water partition coefficient (Wildman–Crippen LogP) is 2.78. The van der Waals surface area contributed by atoms with E-state index in [2.05, 4.69) is 4.99 Å². The topological polar surface area (TPSA) is 99.9 Å². The number of halogens is 2. The number of aliphatic imine (C=N–C) groups is 1. The fraction of sp³-hybridized carbons (Fsp3) is 0.300. The van der Waals surface area contributed by atoms with Gasteiger partial charge < -0.3 is 20.9 Å². The second kappa shape index (κ2) is 10.4. The number of rotatable bonds is 9. The first-order chi connectivity index (χ1) is 13.4. The summed E-state index contributed by atoms with van der Waals surface area (Å²) in [5.41, 5.74) is 12.1. The number of carbonyl (C=O) groups is 1. The molecule has 0 atom stereocenters. The molecule has 0 fully saturated rings. The van der Waals surface area contributed by atoms with E-state index in [1.807, 2.05) is 0 Å². The molecule has 0 aliphatic heterocycles. The van der Waals surface area contributed by atoms with E-state index in [9.17, 15) is 13.6 Å². The summed E-state index contributed by atoms with van der Waals surface area (Å²) >= 11 is 0. The molecule has 28 heavy (non-hydrogen) atoms. The van der Waals surface area contributed by atoms with Crippen molar-refractivity contribution in [2.45, 2.75) is 19.3 Å². The van der Waals surface area contributed by atoms with Gasteiger partial charge in [-0.2, -0.15) is 4.99 Å². The van der Waals surface area contributed by atoms with Crippen molar-refractivity contribution in [1.29, 1.82) is 0 Å². The number of carbonyl (C=O) groups excluding carboxylic acids is 1. The lowest BCUT2D eigenvalue weighted by molar-refractivity contribution is -0.117. The summed E-state index contributed by atoms with van der Waals surface area (Å²) in [5.74, 6) is -1.60. The number of nitrogens with zero attached hydrogens (tertiary/aromatic N) is 1. The van der Waals surface area contributed by atoms with E-state index in [0.717, 1.165) is 11.6 Å². The fourth-order valence-electron chi connectivity index (χ4n) is 2.63. The van der Waals surface area contributed by atoms with Gasteiger partial charge in [-0.25, -0.2) is 8.78 Å². The SMILES string of the molecule is COCCCOc1cc(CCC(=O)N=C(N)N)ccc1-c1cc(F)cc(F)c1. The molecule has 2 aromatic rings. The summed E-state index contributed by atoms with van der Waals surface area (Å²) in [7, 11) is 1.59. The Bertz CT molecular complexity index is 832. The minimum Gasteiger partial charge on any atom is -0.493 e. The second-order valence-corrected chi connectivity index (χ2v) is 6.11. The smallest absolute Gasteiger partial charge is 0.249 e. The number of guanidine groups is 1. The zero-order valence-corrected chi connectivity index (χ0v) is 15.6. The number of methoxy groups -OCH3 is 1. The lowest BCUT2D eigenvalue weighted by Gasteiger charge is -2.14. The number of amides is 1. The van der Waals surface area contributed by atoms with Gasteiger partial charge in [-0.15, -0.1) is 0 Å². The quantitative estimate of drug-likeness (QED) is 0.389. The van der Waals surface area contributed by atoms with Gasteiger partial charge in [0, 0.05) is 38.2 Å². The Labute approximate surface area is 162 Å². The minimum absolute atomic E-state index is 0.120. The predicted molar refractivity (Wildman–Crippen MR) is 103 cm³/mol. The van der Waals surface area contributed by atoms with Crippen LogP contribution in [0.5, 0.6) is 5.75 Å². The summed E-state index contributed by atoms with van der Waals surface area (Å²) in [5, 5.41) is 0. The van der Waals surface area contributed by atoms with Crippen molar-refractivity contribution in [2.24, 2.45) is 16.5 Å². The molecule has 2 rings (SSSR count). The molecule has 2 aromatic carbocycles. The molecule has 0 aromatic heterocycles. The third-order valence-corrected chi connectivity index (χ3v) is 3.85. The van der Waals surface area contributed by atoms with Gasteiger partial charge in [-0.3, -0.25) is 4.79 Å². The van der Waals surface area contributed by atoms with Crippen LogP contribution in [-0.2, 0) is 16.0 Å². The molecule has 8 heteroatoms. The molecular formula is C20H23F2N3O3. The number of hydrogen-bond acceptors (Lipinski definition) is 3. The van der Waals surface area contributed by atoms with E-state index in [1.54, 1.807) is 25.3 Å². The normalized spacial score (nSPS) is 10.5. The molecule has 0 spiro atoms. The Morgan fingerprint density at radius 1 is 1.07 bits per heavy atom. The van der Waals surface area contributed by atoms with Crippen molar-refractivity contribution in [3.8, 4) is 16.9 Å². The van der Waals surface area contributed by atoms with E-state index >= 15 is 0 Å². The highest BCUT2D eigenvalue weighted by molar-refractivity contribution is 5.91. The molecule has 6 nitrogen and oxygen atoms in total. The van der Waals surface area contributed by atoms with Crippen molar-refractivity contribution >= 4 is 11.9 Å². The highest BCUT2D eigenvalue weighted by atomic mass is 19.1. The zero-order chi connectivity index (χ0) is 20.5. The molecular weight excluding hydrogens is 368 g/mol. The molecule has 0 bridgehead atoms. The van der Waals surface area contributed by atoms with E-state index in [4.69, 9.17) is 20.9 Å². The van der Waals surface area contributed by atoms with Crippen LogP contribution >= 0.6 is 0 Å². The van der Waals surface area contributed by atoms with Crippen LogP contribution in [0.4, 0.5) is 8.78 Å². The Kier molecular flexibility index (Phi) is 7.88. The summed E-state index contributed by atoms with van der Waals surface area (Å²) in [4.78, 5) is 15.1. The standard InChI is InChI=1S/C20H23F2N3O3/c1-27-7-2-8-28-18-9-13(4-6-19(26)25-20(23)24)3-5-17(18)14-10-15(21)12-16(22)11-14/h3,5,9-12H,2,4,6-8H2,1H3,(H4,23,24,25,26). The lowest BCUT2D eigenvalue weighted by atomic mass is 10.0. The van der Waals surface area contributed by atoms with Gasteiger partial charge in [0.25, 0.3) is 0 Å². The number of hydrogen-bond donors (Lipinski definition) is 2. The van der Waals surface area contributed by atoms with Crippen molar-refractivity contribution in [1.82, 2.24) is 0 Å². The average Bonchev–Trinajstić information content (AvgIpc) is 2.62. The van der Waals surface area contributed by atoms with Crippen LogP contribution < -0.4 is 16.2 Å². The maximum atomic E-state index is 13.6. The Morgan fingerprint density at radius 2 is 1.79 bits per heavy atom. The van der Waals surface area contributed by atoms with Crippen LogP contribution in [0.25, 0.3) is 11.1 Å². The number of benzene rings is 2. The van der Waals surface area contributed by atoms with Crippen molar-refractivity contribution in [3.63, 3.8) is 0 Å². The molecule has 0 radical (unpaired) electrons. The van der Waals surface area contributed by atoms with Crippen LogP contribution in [-0.4, -0.2) is 32.2 Å². The molecule has 0 saturated heterocycles. The van der Waals surface area contributed by atoms with Crippen molar-refractivity contribution in [2.75, 3.05) is 20.3 Å². The largest absolute Gasteiger partial charge is 0.493 e. The van der Waals surface area contributed by atoms with Crippen LogP contribution in [0.15, 0.2) is 41.4 Å². The summed E-state index contributed by atoms with van der Waals surface area (Å²) in [6.45, 7) is 0.895. The summed E-state index contributed by atoms with van der Waals surface area (Å²) in [6, 6.07) is 8.51. The number of aryl methyl sites for hydroxylation is 1. The molecule has 0 unspecified atom stereocenters. The minimum atomic E-state index is -0.674. The van der Waals surface area contributed by atoms with Gasteiger partial charge in [0.2, 0.25) is 5.91 Å². The summed E-state index contributed by atoms with van der Waals surface area (Å²) in [6.07, 6.45) is 1.16. The fourth-order valence-corrected chi connectivity index (χ4v) is 2.63. The number of nitrogens with two attached hydrogens (primary N) is 2. The van der Waals surface area contributed by atoms with E-state index < -0.39 is 17.5 Å². The van der Waals surface area contributed by atoms with Gasteiger partial charge in [-0.05, 0) is 35.7 Å². The molecule has 4 N–H and O–H groups in total. The van der Waals surface area contributed by atoms with Gasteiger partial charge in [0.1, 0.15) is 17.4 Å². The van der Waals surface area contributed by atoms with Gasteiger partial charge in [0.05, 0.1) is 6.61 Å². The van der Waals surface area contributed by atoms with Crippen LogP contribution in [0.2, 0.25) is 0 Å². The first kappa shape index (κ1) is 21.3. The molecule has 0 aliphatic carbocycles. The van der Waals surface area contributed by atoms with E-state index in [-0.39, 0.29) is 12.4 Å². The maximum Gasteiger partial charge on any atom is 0.249 e. The highest BCUT2D eigenvalue weighted by Crippen LogP contribution is 2.32. The number of ether oxygens (including phenoxy) is 2. The zero-order valence-electron chi connectivity index (χ0n) is 15.6. The van der Waals surface area contributed by atoms with Crippen molar-refractivity contribution < 1.29 is 23.0 Å². The first-order valence-electron chi connectivity index (χ1n) is 8.72. The van der Waals surface area contributed by atoms with Gasteiger partial charge in [-0.1, -0.05) is 12.1 Å². The Balaban J connectivity index is 2.25. The van der Waals surface area contributed by atoms with Crippen molar-refractivity contribution in [3.05, 3.63) is 53.6 Å². The van der Waals surface area contributed by atoms with Gasteiger partial charge in [0.15, 0.2) is 5.96 Å². The Hall–Kier alpha value is -3.00. The Morgan fingerprint density at radius 3 is 2.43 bits per heavy atom. The lowest BCUT2D eigenvalue weighted by Crippen LogP contribution is -2.24. The summed E-state index contributed by atoms with van der Waals surface area (Å²) < 4.78 is 38.1. The van der Waals surface area contributed by atoms with Crippen LogP contribution in [0.3, 0.4) is 0 Å². The third-order valence-electron chi connectivity index (χ3n) is 3.85. The van der Waals surface area contributed by atoms with Crippen LogP contribution in [0.1, 0.15) is 18.4 Å². The van der Waals surface area contributed by atoms with Gasteiger partial charge >= 0.3 is 0 Å². The maximum absolute atomic E-state index is 13.6. The van der Waals surface area contributed by atoms with E-state index in [1.165, 1.54) is 12.1 Å². The van der Waals surface area contributed by atoms with Crippen LogP contribution in [0, 0.1) is 11.6 Å². The molecule has 1 amide bonds. The molecule has 0 heterocycles. The molecule has 0 aliphatic rings. The average molecular weight is 391 g/mol. The highest BCUT2D eigenvalue weighted by Gasteiger charge is 2.12. The first-order valence-corrected chi connectivity index (χ1v) is 8.72. The van der Waals surface area contributed by atoms with E-state index in [0.29, 0.717) is 42.9 Å².